The van der Waals surface area contributed by atoms with Gasteiger partial charge in [0.05, 0.1) is 0 Å². The standard InChI is InChI=1S/C32H44N4O6/c1-20(2)18-26(28(33)37)35-29(38)27(36(31(40)41)32(3,4)5)16-10-11-17-34-30(39)42-19-25-23-14-8-6-12-21(23)22-13-7-9-15-24(22)25/h6-9,12-15,20,25-27H,10-11,16-19H2,1-5H3,(H2,33,37)(H,34,39)(H,35,38)(H,40,41)/t26-,27-/m0/s1. The number of nitrogens with zero attached hydrogens (tertiary/aromatic N) is 1. The zero-order valence-corrected chi connectivity index (χ0v) is 25.2. The Hall–Kier alpha value is -4.08. The fourth-order valence-electron chi connectivity index (χ4n) is 5.55. The lowest BCUT2D eigenvalue weighted by atomic mass is 9.98. The fourth-order valence-corrected chi connectivity index (χ4v) is 5.55. The number of ether oxygens (including phenoxy) is 1. The van der Waals surface area contributed by atoms with Gasteiger partial charge in [0, 0.05) is 18.0 Å². The summed E-state index contributed by atoms with van der Waals surface area (Å²) in [6.45, 7) is 9.44. The lowest BCUT2D eigenvalue weighted by Gasteiger charge is -2.39. The normalized spacial score (nSPS) is 14.0. The van der Waals surface area contributed by atoms with Crippen molar-refractivity contribution in [3.05, 3.63) is 59.7 Å². The van der Waals surface area contributed by atoms with Gasteiger partial charge < -0.3 is 26.2 Å². The monoisotopic (exact) mass is 580 g/mol. The first-order valence-electron chi connectivity index (χ1n) is 14.5. The molecule has 4 amide bonds. The van der Waals surface area contributed by atoms with Crippen molar-refractivity contribution in [1.29, 1.82) is 0 Å². The summed E-state index contributed by atoms with van der Waals surface area (Å²) in [7, 11) is 0. The number of amides is 4. The summed E-state index contributed by atoms with van der Waals surface area (Å²) in [6.07, 6.45) is -0.274. The van der Waals surface area contributed by atoms with Gasteiger partial charge in [-0.15, -0.1) is 0 Å². The summed E-state index contributed by atoms with van der Waals surface area (Å²) in [5.41, 5.74) is 9.19. The Labute approximate surface area is 248 Å². The molecule has 1 aliphatic rings. The van der Waals surface area contributed by atoms with Gasteiger partial charge in [-0.3, -0.25) is 14.5 Å². The SMILES string of the molecule is CC(C)C[C@H](NC(=O)[C@H](CCCCNC(=O)OCC1c2ccccc2-c2ccccc21)N(C(=O)O)C(C)(C)C)C(N)=O. The van der Waals surface area contributed by atoms with E-state index in [4.69, 9.17) is 10.5 Å². The number of carbonyl (C=O) groups excluding carboxylic acids is 3. The molecule has 0 heterocycles. The molecule has 10 nitrogen and oxygen atoms in total. The molecule has 0 radical (unpaired) electrons. The third-order valence-electron chi connectivity index (χ3n) is 7.43. The van der Waals surface area contributed by atoms with Crippen LogP contribution in [0.4, 0.5) is 9.59 Å². The third kappa shape index (κ3) is 8.24. The van der Waals surface area contributed by atoms with E-state index in [9.17, 15) is 24.3 Å². The van der Waals surface area contributed by atoms with Crippen LogP contribution in [0.3, 0.4) is 0 Å². The van der Waals surface area contributed by atoms with Gasteiger partial charge in [-0.25, -0.2) is 9.59 Å². The highest BCUT2D eigenvalue weighted by atomic mass is 16.5. The van der Waals surface area contributed by atoms with Crippen LogP contribution in [0.25, 0.3) is 11.1 Å². The minimum Gasteiger partial charge on any atom is -0.465 e. The van der Waals surface area contributed by atoms with E-state index in [0.717, 1.165) is 27.2 Å². The number of fused-ring (bicyclic) bond motifs is 3. The predicted octanol–water partition coefficient (Wildman–Crippen LogP) is 4.86. The Morgan fingerprint density at radius 1 is 0.976 bits per heavy atom. The van der Waals surface area contributed by atoms with E-state index in [2.05, 4.69) is 34.9 Å². The van der Waals surface area contributed by atoms with E-state index in [1.54, 1.807) is 20.8 Å². The molecule has 1 aliphatic carbocycles. The molecule has 0 aliphatic heterocycles. The highest BCUT2D eigenvalue weighted by molar-refractivity contribution is 5.90. The first-order valence-corrected chi connectivity index (χ1v) is 14.5. The van der Waals surface area contributed by atoms with Gasteiger partial charge in [-0.05, 0) is 74.6 Å². The first-order chi connectivity index (χ1) is 19.8. The Bertz CT molecular complexity index is 1230. The third-order valence-corrected chi connectivity index (χ3v) is 7.43. The van der Waals surface area contributed by atoms with Gasteiger partial charge >= 0.3 is 12.2 Å². The van der Waals surface area contributed by atoms with Crippen molar-refractivity contribution in [3.8, 4) is 11.1 Å². The molecule has 2 atom stereocenters. The average molecular weight is 581 g/mol. The Morgan fingerprint density at radius 2 is 1.55 bits per heavy atom. The summed E-state index contributed by atoms with van der Waals surface area (Å²) in [5, 5.41) is 15.4. The van der Waals surface area contributed by atoms with Crippen LogP contribution in [-0.4, -0.2) is 64.8 Å². The minimum absolute atomic E-state index is 0.0401. The van der Waals surface area contributed by atoms with Gasteiger partial charge in [0.2, 0.25) is 11.8 Å². The molecule has 0 aromatic heterocycles. The van der Waals surface area contributed by atoms with E-state index in [0.29, 0.717) is 25.8 Å². The molecule has 42 heavy (non-hydrogen) atoms. The van der Waals surface area contributed by atoms with E-state index in [1.807, 2.05) is 38.1 Å². The van der Waals surface area contributed by atoms with Crippen molar-refractivity contribution in [3.63, 3.8) is 0 Å². The number of carboxylic acid groups (broad SMARTS) is 1. The fraction of sp³-hybridized carbons (Fsp3) is 0.500. The van der Waals surface area contributed by atoms with E-state index in [1.165, 1.54) is 0 Å². The van der Waals surface area contributed by atoms with Crippen LogP contribution in [0.2, 0.25) is 0 Å². The average Bonchev–Trinajstić information content (AvgIpc) is 3.23. The molecule has 0 fully saturated rings. The van der Waals surface area contributed by atoms with E-state index >= 15 is 0 Å². The second-order valence-corrected chi connectivity index (χ2v) is 12.2. The van der Waals surface area contributed by atoms with E-state index < -0.39 is 41.6 Å². The number of rotatable bonds is 13. The smallest absolute Gasteiger partial charge is 0.408 e. The summed E-state index contributed by atoms with van der Waals surface area (Å²) < 4.78 is 5.57. The highest BCUT2D eigenvalue weighted by Crippen LogP contribution is 2.44. The van der Waals surface area contributed by atoms with Crippen molar-refractivity contribution >= 4 is 24.0 Å². The zero-order chi connectivity index (χ0) is 31.0. The maximum absolute atomic E-state index is 13.3. The summed E-state index contributed by atoms with van der Waals surface area (Å²) in [5.74, 6) is -1.17. The molecule has 5 N–H and O–H groups in total. The second kappa shape index (κ2) is 14.2. The summed E-state index contributed by atoms with van der Waals surface area (Å²) in [4.78, 5) is 51.0. The summed E-state index contributed by atoms with van der Waals surface area (Å²) in [6, 6.07) is 14.3. The number of nitrogens with one attached hydrogen (secondary N) is 2. The van der Waals surface area contributed by atoms with Crippen LogP contribution in [0.15, 0.2) is 48.5 Å². The number of hydrogen-bond acceptors (Lipinski definition) is 5. The lowest BCUT2D eigenvalue weighted by molar-refractivity contribution is -0.132. The Balaban J connectivity index is 1.55. The van der Waals surface area contributed by atoms with Crippen LogP contribution in [0, 0.1) is 5.92 Å². The molecular weight excluding hydrogens is 536 g/mol. The Kier molecular flexibility index (Phi) is 11.0. The molecule has 0 bridgehead atoms. The molecule has 0 unspecified atom stereocenters. The predicted molar refractivity (Wildman–Crippen MR) is 161 cm³/mol. The van der Waals surface area contributed by atoms with E-state index in [-0.39, 0.29) is 24.9 Å². The molecule has 10 heteroatoms. The van der Waals surface area contributed by atoms with Crippen LogP contribution < -0.4 is 16.4 Å². The van der Waals surface area contributed by atoms with Crippen molar-refractivity contribution in [2.45, 2.75) is 83.8 Å². The molecule has 2 aromatic rings. The van der Waals surface area contributed by atoms with Crippen LogP contribution >= 0.6 is 0 Å². The zero-order valence-electron chi connectivity index (χ0n) is 25.2. The molecule has 3 rings (SSSR count). The number of nitrogens with two attached hydrogens (primary N) is 1. The van der Waals surface area contributed by atoms with Gasteiger partial charge in [0.25, 0.3) is 0 Å². The topological polar surface area (TPSA) is 151 Å². The quantitative estimate of drug-likeness (QED) is 0.249. The molecule has 0 saturated heterocycles. The van der Waals surface area contributed by atoms with Crippen molar-refractivity contribution < 1.29 is 29.0 Å². The number of benzene rings is 2. The van der Waals surface area contributed by atoms with Crippen LogP contribution in [-0.2, 0) is 14.3 Å². The number of hydrogen-bond donors (Lipinski definition) is 4. The molecular formula is C32H44N4O6. The lowest BCUT2D eigenvalue weighted by Crippen LogP contribution is -2.59. The van der Waals surface area contributed by atoms with Gasteiger partial charge in [-0.2, -0.15) is 0 Å². The number of alkyl carbamates (subject to hydrolysis) is 1. The maximum Gasteiger partial charge on any atom is 0.408 e. The van der Waals surface area contributed by atoms with Gasteiger partial charge in [0.1, 0.15) is 18.7 Å². The highest BCUT2D eigenvalue weighted by Gasteiger charge is 2.38. The van der Waals surface area contributed by atoms with Crippen LogP contribution in [0.1, 0.15) is 77.3 Å². The minimum atomic E-state index is -1.24. The number of unbranched alkanes of at least 4 members (excludes halogenated alkanes) is 1. The molecule has 0 spiro atoms. The maximum atomic E-state index is 13.3. The van der Waals surface area contributed by atoms with Crippen LogP contribution in [0.5, 0.6) is 0 Å². The first kappa shape index (κ1) is 32.4. The van der Waals surface area contributed by atoms with Crippen molar-refractivity contribution in [2.75, 3.05) is 13.2 Å². The second-order valence-electron chi connectivity index (χ2n) is 12.2. The van der Waals surface area contributed by atoms with Crippen molar-refractivity contribution in [2.24, 2.45) is 11.7 Å². The molecule has 2 aromatic carbocycles. The molecule has 228 valence electrons. The largest absolute Gasteiger partial charge is 0.465 e. The summed E-state index contributed by atoms with van der Waals surface area (Å²) >= 11 is 0. The molecule has 0 saturated carbocycles. The number of carbonyl (C=O) groups is 4. The Morgan fingerprint density at radius 3 is 2.05 bits per heavy atom. The van der Waals surface area contributed by atoms with Gasteiger partial charge in [0.15, 0.2) is 0 Å². The van der Waals surface area contributed by atoms with Crippen molar-refractivity contribution in [1.82, 2.24) is 15.5 Å². The van der Waals surface area contributed by atoms with Gasteiger partial charge in [-0.1, -0.05) is 62.4 Å². The number of primary amides is 1.